The predicted molar refractivity (Wildman–Crippen MR) is 104 cm³/mol. The van der Waals surface area contributed by atoms with Crippen molar-refractivity contribution >= 4 is 10.0 Å². The number of hydrogen-bond acceptors (Lipinski definition) is 6. The predicted octanol–water partition coefficient (Wildman–Crippen LogP) is 2.76. The van der Waals surface area contributed by atoms with Crippen molar-refractivity contribution in [1.29, 1.82) is 0 Å². The molecule has 0 fully saturated rings. The fourth-order valence-electron chi connectivity index (χ4n) is 2.84. The van der Waals surface area contributed by atoms with E-state index in [0.29, 0.717) is 23.0 Å². The van der Waals surface area contributed by atoms with Crippen LogP contribution in [0.25, 0.3) is 11.1 Å². The molecule has 0 atom stereocenters. The summed E-state index contributed by atoms with van der Waals surface area (Å²) >= 11 is 0. The van der Waals surface area contributed by atoms with Gasteiger partial charge in [-0.15, -0.1) is 0 Å². The van der Waals surface area contributed by atoms with E-state index < -0.39 is 10.0 Å². The highest BCUT2D eigenvalue weighted by Gasteiger charge is 2.19. The van der Waals surface area contributed by atoms with Crippen LogP contribution in [0.1, 0.15) is 25.3 Å². The first-order valence-corrected chi connectivity index (χ1v) is 10.4. The van der Waals surface area contributed by atoms with Crippen LogP contribution in [0.15, 0.2) is 46.1 Å². The molecule has 1 N–H and O–H groups in total. The van der Waals surface area contributed by atoms with E-state index >= 15 is 0 Å². The lowest BCUT2D eigenvalue weighted by Crippen LogP contribution is -2.23. The first-order valence-electron chi connectivity index (χ1n) is 8.89. The van der Waals surface area contributed by atoms with Gasteiger partial charge < -0.3 is 9.26 Å². The largest absolute Gasteiger partial charge is 0.496 e. The lowest BCUT2D eigenvalue weighted by Gasteiger charge is -2.10. The van der Waals surface area contributed by atoms with Crippen LogP contribution < -0.4 is 9.46 Å². The second-order valence-electron chi connectivity index (χ2n) is 6.97. The van der Waals surface area contributed by atoms with Gasteiger partial charge in [0.05, 0.1) is 30.4 Å². The number of benzene rings is 1. The molecule has 0 bridgehead atoms. The van der Waals surface area contributed by atoms with Crippen molar-refractivity contribution in [3.05, 3.63) is 48.1 Å². The van der Waals surface area contributed by atoms with E-state index in [9.17, 15) is 8.42 Å². The smallest absolute Gasteiger partial charge is 0.241 e. The Labute approximate surface area is 164 Å². The average molecular weight is 404 g/mol. The van der Waals surface area contributed by atoms with Crippen molar-refractivity contribution in [2.75, 3.05) is 7.11 Å². The number of aromatic nitrogens is 3. The van der Waals surface area contributed by atoms with Crippen molar-refractivity contribution in [3.63, 3.8) is 0 Å². The summed E-state index contributed by atoms with van der Waals surface area (Å²) in [5.41, 5.74) is 2.23. The number of nitrogens with zero attached hydrogens (tertiary/aromatic N) is 3. The molecule has 9 heteroatoms. The van der Waals surface area contributed by atoms with Crippen LogP contribution >= 0.6 is 0 Å². The van der Waals surface area contributed by atoms with Crippen molar-refractivity contribution in [1.82, 2.24) is 19.7 Å². The number of methoxy groups -OCH3 is 1. The second kappa shape index (κ2) is 8.15. The quantitative estimate of drug-likeness (QED) is 0.620. The Balaban J connectivity index is 1.80. The Morgan fingerprint density at radius 3 is 2.71 bits per heavy atom. The lowest BCUT2D eigenvalue weighted by atomic mass is 10.1. The molecule has 0 spiro atoms. The number of hydrogen-bond donors (Lipinski definition) is 1. The third-order valence-electron chi connectivity index (χ3n) is 4.16. The maximum absolute atomic E-state index is 12.7. The fraction of sp³-hybridized carbons (Fsp3) is 0.368. The van der Waals surface area contributed by atoms with Gasteiger partial charge in [-0.05, 0) is 30.5 Å². The molecule has 0 aliphatic rings. The monoisotopic (exact) mass is 404 g/mol. The maximum atomic E-state index is 12.7. The Morgan fingerprint density at radius 2 is 2.07 bits per heavy atom. The van der Waals surface area contributed by atoms with Gasteiger partial charge >= 0.3 is 0 Å². The third kappa shape index (κ3) is 4.60. The van der Waals surface area contributed by atoms with Crippen molar-refractivity contribution in [2.24, 2.45) is 13.0 Å². The van der Waals surface area contributed by atoms with Crippen LogP contribution in [0.4, 0.5) is 0 Å². The number of rotatable bonds is 8. The third-order valence-corrected chi connectivity index (χ3v) is 5.56. The Kier molecular flexibility index (Phi) is 5.85. The summed E-state index contributed by atoms with van der Waals surface area (Å²) in [6.07, 6.45) is 4.24. The molecule has 3 aromatic rings. The minimum absolute atomic E-state index is 0.0294. The fourth-order valence-corrected chi connectivity index (χ4v) is 3.86. The van der Waals surface area contributed by atoms with E-state index in [0.717, 1.165) is 17.7 Å². The highest BCUT2D eigenvalue weighted by atomic mass is 32.2. The Bertz CT molecular complexity index is 1050. The van der Waals surface area contributed by atoms with Gasteiger partial charge in [0, 0.05) is 30.4 Å². The lowest BCUT2D eigenvalue weighted by molar-refractivity contribution is 0.372. The highest BCUT2D eigenvalue weighted by Crippen LogP contribution is 2.32. The van der Waals surface area contributed by atoms with Gasteiger partial charge in [0.25, 0.3) is 0 Å². The molecule has 28 heavy (non-hydrogen) atoms. The molecule has 0 saturated carbocycles. The number of nitrogens with one attached hydrogen (secondary N) is 1. The first kappa shape index (κ1) is 20.1. The highest BCUT2D eigenvalue weighted by molar-refractivity contribution is 7.89. The van der Waals surface area contributed by atoms with E-state index in [1.165, 1.54) is 6.07 Å². The molecule has 0 radical (unpaired) electrons. The molecule has 0 saturated heterocycles. The van der Waals surface area contributed by atoms with Crippen LogP contribution in [0.2, 0.25) is 0 Å². The molecule has 2 aromatic heterocycles. The number of ether oxygens (including phenoxy) is 1. The Morgan fingerprint density at radius 1 is 1.29 bits per heavy atom. The minimum Gasteiger partial charge on any atom is -0.496 e. The van der Waals surface area contributed by atoms with Gasteiger partial charge in [-0.25, -0.2) is 13.1 Å². The number of aryl methyl sites for hydroxylation is 1. The van der Waals surface area contributed by atoms with Crippen LogP contribution in [-0.4, -0.2) is 30.5 Å². The van der Waals surface area contributed by atoms with E-state index in [1.807, 2.05) is 0 Å². The molecule has 150 valence electrons. The van der Waals surface area contributed by atoms with Gasteiger partial charge in [0.15, 0.2) is 5.76 Å². The molecular formula is C19H24N4O4S. The minimum atomic E-state index is -3.74. The maximum Gasteiger partial charge on any atom is 0.241 e. The summed E-state index contributed by atoms with van der Waals surface area (Å²) in [6.45, 7) is 4.20. The first-order chi connectivity index (χ1) is 13.3. The van der Waals surface area contributed by atoms with Gasteiger partial charge in [0.2, 0.25) is 10.0 Å². The zero-order chi connectivity index (χ0) is 20.3. The van der Waals surface area contributed by atoms with E-state index in [4.69, 9.17) is 9.26 Å². The molecule has 2 heterocycles. The Hall–Kier alpha value is -2.65. The van der Waals surface area contributed by atoms with Crippen LogP contribution in [-0.2, 0) is 30.0 Å². The van der Waals surface area contributed by atoms with E-state index in [-0.39, 0.29) is 11.4 Å². The topological polar surface area (TPSA) is 99.2 Å². The standard InChI is InChI=1S/C19H24N4O4S/c1-13(2)7-15-8-16(27-22-15)11-21-28(24,25)17-5-6-19(26-4)18(9-17)14-10-20-23(3)12-14/h5-6,8-10,12-13,21H,7,11H2,1-4H3. The average Bonchev–Trinajstić information content (AvgIpc) is 3.28. The van der Waals surface area contributed by atoms with Crippen LogP contribution in [0.5, 0.6) is 5.75 Å². The van der Waals surface area contributed by atoms with Crippen LogP contribution in [0.3, 0.4) is 0 Å². The zero-order valence-electron chi connectivity index (χ0n) is 16.3. The van der Waals surface area contributed by atoms with Gasteiger partial charge in [-0.2, -0.15) is 5.10 Å². The molecule has 3 rings (SSSR count). The molecule has 1 aromatic carbocycles. The second-order valence-corrected chi connectivity index (χ2v) is 8.74. The zero-order valence-corrected chi connectivity index (χ0v) is 17.2. The summed E-state index contributed by atoms with van der Waals surface area (Å²) in [5.74, 6) is 1.49. The molecular weight excluding hydrogens is 380 g/mol. The van der Waals surface area contributed by atoms with E-state index in [2.05, 4.69) is 28.8 Å². The molecule has 0 unspecified atom stereocenters. The molecule has 8 nitrogen and oxygen atoms in total. The number of sulfonamides is 1. The van der Waals surface area contributed by atoms with Gasteiger partial charge in [0.1, 0.15) is 5.75 Å². The summed E-state index contributed by atoms with van der Waals surface area (Å²) in [7, 11) is -0.405. The summed E-state index contributed by atoms with van der Waals surface area (Å²) < 4.78 is 40.3. The van der Waals surface area contributed by atoms with Gasteiger partial charge in [-0.3, -0.25) is 4.68 Å². The van der Waals surface area contributed by atoms with Crippen molar-refractivity contribution in [2.45, 2.75) is 31.7 Å². The molecule has 0 amide bonds. The van der Waals surface area contributed by atoms with Crippen molar-refractivity contribution in [3.8, 4) is 16.9 Å². The summed E-state index contributed by atoms with van der Waals surface area (Å²) in [6, 6.07) is 6.48. The summed E-state index contributed by atoms with van der Waals surface area (Å²) in [4.78, 5) is 0.133. The molecule has 0 aliphatic carbocycles. The molecule has 0 aliphatic heterocycles. The summed E-state index contributed by atoms with van der Waals surface area (Å²) in [5, 5.41) is 8.11. The SMILES string of the molecule is COc1ccc(S(=O)(=O)NCc2cc(CC(C)C)no2)cc1-c1cnn(C)c1. The normalized spacial score (nSPS) is 11.9. The van der Waals surface area contributed by atoms with Crippen LogP contribution in [0, 0.1) is 5.92 Å². The van der Waals surface area contributed by atoms with Crippen molar-refractivity contribution < 1.29 is 17.7 Å². The van der Waals surface area contributed by atoms with Gasteiger partial charge in [-0.1, -0.05) is 19.0 Å². The van der Waals surface area contributed by atoms with E-state index in [1.54, 1.807) is 49.4 Å².